The molecule has 0 aliphatic rings. The first-order valence-corrected chi connectivity index (χ1v) is 6.92. The van der Waals surface area contributed by atoms with E-state index in [4.69, 9.17) is 28.9 Å². The van der Waals surface area contributed by atoms with Crippen molar-refractivity contribution in [2.24, 2.45) is 0 Å². The molecule has 2 rings (SSSR count). The van der Waals surface area contributed by atoms with E-state index in [1.165, 1.54) is 0 Å². The van der Waals surface area contributed by atoms with E-state index in [1.807, 2.05) is 0 Å². The molecule has 124 valence electrons. The van der Waals surface area contributed by atoms with Crippen LogP contribution in [0.25, 0.3) is 11.3 Å². The Morgan fingerprint density at radius 3 is 2.61 bits per heavy atom. The van der Waals surface area contributed by atoms with Crippen LogP contribution in [0.2, 0.25) is 10.0 Å². The number of anilines is 2. The Morgan fingerprint density at radius 1 is 1.22 bits per heavy atom. The highest BCUT2D eigenvalue weighted by Crippen LogP contribution is 2.34. The van der Waals surface area contributed by atoms with E-state index in [-0.39, 0.29) is 29.0 Å². The number of rotatable bonds is 5. The summed E-state index contributed by atoms with van der Waals surface area (Å²) in [7, 11) is 0. The average Bonchev–Trinajstić information content (AvgIpc) is 2.46. The van der Waals surface area contributed by atoms with Crippen LogP contribution in [0.5, 0.6) is 0 Å². The van der Waals surface area contributed by atoms with Crippen LogP contribution >= 0.6 is 23.2 Å². The van der Waals surface area contributed by atoms with Crippen molar-refractivity contribution < 1.29 is 17.9 Å². The number of nitrogen functional groups attached to an aromatic ring is 1. The SMILES string of the molecule is Nc1nc(NCCOC(F)(F)F)nnc1-c1cccc(Cl)c1Cl. The first-order valence-electron chi connectivity index (χ1n) is 6.17. The van der Waals surface area contributed by atoms with Gasteiger partial charge in [-0.05, 0) is 6.07 Å². The zero-order valence-corrected chi connectivity index (χ0v) is 12.9. The molecular weight excluding hydrogens is 358 g/mol. The molecule has 3 N–H and O–H groups in total. The minimum absolute atomic E-state index is 0.00315. The van der Waals surface area contributed by atoms with Crippen molar-refractivity contribution in [3.05, 3.63) is 28.2 Å². The molecule has 0 saturated heterocycles. The zero-order chi connectivity index (χ0) is 17.0. The Bertz CT molecular complexity index is 699. The first kappa shape index (κ1) is 17.5. The largest absolute Gasteiger partial charge is 0.522 e. The summed E-state index contributed by atoms with van der Waals surface area (Å²) in [6, 6.07) is 4.90. The number of alkyl halides is 3. The summed E-state index contributed by atoms with van der Waals surface area (Å²) in [5.41, 5.74) is 6.44. The van der Waals surface area contributed by atoms with Crippen LogP contribution < -0.4 is 11.1 Å². The molecule has 6 nitrogen and oxygen atoms in total. The molecule has 0 amide bonds. The average molecular weight is 368 g/mol. The minimum atomic E-state index is -4.69. The van der Waals surface area contributed by atoms with E-state index in [0.717, 1.165) is 0 Å². The summed E-state index contributed by atoms with van der Waals surface area (Å²) in [6.07, 6.45) is -4.69. The maximum absolute atomic E-state index is 11.8. The van der Waals surface area contributed by atoms with Crippen molar-refractivity contribution in [3.63, 3.8) is 0 Å². The third-order valence-electron chi connectivity index (χ3n) is 2.57. The molecule has 0 atom stereocenters. The predicted molar refractivity (Wildman–Crippen MR) is 80.2 cm³/mol. The summed E-state index contributed by atoms with van der Waals surface area (Å²) in [5.74, 6) is -0.0291. The summed E-state index contributed by atoms with van der Waals surface area (Å²) in [5, 5.41) is 10.7. The van der Waals surface area contributed by atoms with Crippen molar-refractivity contribution in [1.29, 1.82) is 0 Å². The number of hydrogen-bond donors (Lipinski definition) is 2. The van der Waals surface area contributed by atoms with Gasteiger partial charge in [-0.3, -0.25) is 4.74 Å². The number of nitrogens with two attached hydrogens (primary N) is 1. The van der Waals surface area contributed by atoms with Crippen LogP contribution in [-0.2, 0) is 4.74 Å². The van der Waals surface area contributed by atoms with Gasteiger partial charge in [-0.25, -0.2) is 0 Å². The molecule has 0 bridgehead atoms. The molecule has 0 fully saturated rings. The fourth-order valence-corrected chi connectivity index (χ4v) is 2.01. The fourth-order valence-electron chi connectivity index (χ4n) is 1.62. The van der Waals surface area contributed by atoms with Crippen LogP contribution in [0.4, 0.5) is 24.9 Å². The maximum Gasteiger partial charge on any atom is 0.522 e. The normalized spacial score (nSPS) is 11.5. The molecule has 0 saturated carbocycles. The van der Waals surface area contributed by atoms with Crippen molar-refractivity contribution in [2.45, 2.75) is 6.36 Å². The Kier molecular flexibility index (Phi) is 5.45. The lowest BCUT2D eigenvalue weighted by Gasteiger charge is -2.10. The van der Waals surface area contributed by atoms with Crippen molar-refractivity contribution in [3.8, 4) is 11.3 Å². The number of nitrogens with one attached hydrogen (secondary N) is 1. The van der Waals surface area contributed by atoms with Gasteiger partial charge in [0, 0.05) is 12.1 Å². The van der Waals surface area contributed by atoms with Gasteiger partial charge in [0.25, 0.3) is 0 Å². The van der Waals surface area contributed by atoms with Crippen molar-refractivity contribution in [2.75, 3.05) is 24.2 Å². The Hall–Kier alpha value is -1.84. The van der Waals surface area contributed by atoms with Crippen LogP contribution in [0.3, 0.4) is 0 Å². The number of ether oxygens (including phenoxy) is 1. The number of halogens is 5. The van der Waals surface area contributed by atoms with Gasteiger partial charge in [-0.15, -0.1) is 23.4 Å². The third-order valence-corrected chi connectivity index (χ3v) is 3.39. The van der Waals surface area contributed by atoms with Gasteiger partial charge in [0.05, 0.1) is 16.7 Å². The van der Waals surface area contributed by atoms with Crippen molar-refractivity contribution in [1.82, 2.24) is 15.2 Å². The van der Waals surface area contributed by atoms with E-state index < -0.39 is 13.0 Å². The molecule has 11 heteroatoms. The quantitative estimate of drug-likeness (QED) is 0.787. The second kappa shape index (κ2) is 7.16. The van der Waals surface area contributed by atoms with Crippen LogP contribution in [0.15, 0.2) is 18.2 Å². The van der Waals surface area contributed by atoms with Gasteiger partial charge in [-0.1, -0.05) is 35.3 Å². The van der Waals surface area contributed by atoms with Crippen LogP contribution in [0, 0.1) is 0 Å². The summed E-state index contributed by atoms with van der Waals surface area (Å²) in [4.78, 5) is 3.91. The lowest BCUT2D eigenvalue weighted by atomic mass is 10.1. The maximum atomic E-state index is 11.8. The summed E-state index contributed by atoms with van der Waals surface area (Å²) < 4.78 is 39.1. The molecule has 2 aromatic rings. The van der Waals surface area contributed by atoms with E-state index in [9.17, 15) is 13.2 Å². The van der Waals surface area contributed by atoms with Gasteiger partial charge in [0.15, 0.2) is 5.82 Å². The Balaban J connectivity index is 2.08. The molecular formula is C12H10Cl2F3N5O. The standard InChI is InChI=1S/C12H10Cl2F3N5O/c13-7-3-1-2-6(8(7)14)9-10(18)20-11(22-21-9)19-4-5-23-12(15,16)17/h1-3H,4-5H2,(H3,18,19,20,22). The zero-order valence-electron chi connectivity index (χ0n) is 11.4. The van der Waals surface area contributed by atoms with Gasteiger partial charge in [-0.2, -0.15) is 4.98 Å². The first-order chi connectivity index (χ1) is 10.8. The second-order valence-electron chi connectivity index (χ2n) is 4.19. The highest BCUT2D eigenvalue weighted by molar-refractivity contribution is 6.43. The fraction of sp³-hybridized carbons (Fsp3) is 0.250. The summed E-state index contributed by atoms with van der Waals surface area (Å²) >= 11 is 12.0. The topological polar surface area (TPSA) is 86.0 Å². The molecule has 0 aliphatic carbocycles. The van der Waals surface area contributed by atoms with Gasteiger partial charge < -0.3 is 11.1 Å². The van der Waals surface area contributed by atoms with E-state index in [0.29, 0.717) is 10.6 Å². The van der Waals surface area contributed by atoms with E-state index >= 15 is 0 Å². The van der Waals surface area contributed by atoms with Crippen molar-refractivity contribution >= 4 is 35.0 Å². The second-order valence-corrected chi connectivity index (χ2v) is 4.98. The minimum Gasteiger partial charge on any atom is -0.382 e. The lowest BCUT2D eigenvalue weighted by Crippen LogP contribution is -2.20. The molecule has 23 heavy (non-hydrogen) atoms. The van der Waals surface area contributed by atoms with Crippen LogP contribution in [0.1, 0.15) is 0 Å². The molecule has 0 aliphatic heterocycles. The highest BCUT2D eigenvalue weighted by atomic mass is 35.5. The smallest absolute Gasteiger partial charge is 0.382 e. The summed E-state index contributed by atoms with van der Waals surface area (Å²) in [6.45, 7) is -0.771. The molecule has 1 aromatic heterocycles. The molecule has 0 radical (unpaired) electrons. The molecule has 1 heterocycles. The predicted octanol–water partition coefficient (Wildman–Crippen LogP) is 3.38. The third kappa shape index (κ3) is 4.81. The number of benzene rings is 1. The van der Waals surface area contributed by atoms with E-state index in [1.54, 1.807) is 18.2 Å². The lowest BCUT2D eigenvalue weighted by molar-refractivity contribution is -0.322. The monoisotopic (exact) mass is 367 g/mol. The highest BCUT2D eigenvalue weighted by Gasteiger charge is 2.28. The van der Waals surface area contributed by atoms with Gasteiger partial charge in [0.2, 0.25) is 5.95 Å². The number of hydrogen-bond acceptors (Lipinski definition) is 6. The Labute approximate surface area is 138 Å². The molecule has 0 spiro atoms. The number of aromatic nitrogens is 3. The van der Waals surface area contributed by atoms with Crippen LogP contribution in [-0.4, -0.2) is 34.7 Å². The molecule has 1 aromatic carbocycles. The van der Waals surface area contributed by atoms with Gasteiger partial charge >= 0.3 is 6.36 Å². The Morgan fingerprint density at radius 2 is 1.96 bits per heavy atom. The van der Waals surface area contributed by atoms with E-state index in [2.05, 4.69) is 25.2 Å². The molecule has 0 unspecified atom stereocenters. The van der Waals surface area contributed by atoms with Gasteiger partial charge in [0.1, 0.15) is 5.69 Å². The number of nitrogens with zero attached hydrogens (tertiary/aromatic N) is 3.